The number of carboxylic acids is 1. The van der Waals surface area contributed by atoms with Gasteiger partial charge in [0.2, 0.25) is 0 Å². The number of thioether (sulfide) groups is 1. The predicted octanol–water partition coefficient (Wildman–Crippen LogP) is 1.94. The summed E-state index contributed by atoms with van der Waals surface area (Å²) in [4.78, 5) is 23.9. The number of benzene rings is 1. The number of nitrogens with zero attached hydrogens (tertiary/aromatic N) is 1. The molecule has 0 aliphatic carbocycles. The van der Waals surface area contributed by atoms with Crippen molar-refractivity contribution in [3.8, 4) is 0 Å². The molecular weight excluding hydrogens is 341 g/mol. The summed E-state index contributed by atoms with van der Waals surface area (Å²) >= 11 is 18.0. The molecule has 20 heavy (non-hydrogen) atoms. The Balaban J connectivity index is 2.35. The molecule has 0 aromatic heterocycles. The molecule has 0 saturated carbocycles. The number of aliphatic carboxylic acids is 1. The maximum Gasteiger partial charge on any atom is 0.266 e. The highest BCUT2D eigenvalue weighted by molar-refractivity contribution is 8.26. The lowest BCUT2D eigenvalue weighted by Crippen LogP contribution is -2.40. The van der Waals surface area contributed by atoms with Crippen LogP contribution < -0.4 is 5.11 Å². The van der Waals surface area contributed by atoms with Crippen LogP contribution in [0.4, 0.5) is 0 Å². The highest BCUT2D eigenvalue weighted by Crippen LogP contribution is 2.35. The number of thiocarbonyl (C=S) groups is 1. The number of hydrogen-bond acceptors (Lipinski definition) is 5. The Hall–Kier alpha value is -1.08. The van der Waals surface area contributed by atoms with Crippen molar-refractivity contribution in [1.29, 1.82) is 0 Å². The number of amides is 1. The van der Waals surface area contributed by atoms with Crippen molar-refractivity contribution in [2.45, 2.75) is 0 Å². The highest BCUT2D eigenvalue weighted by Gasteiger charge is 2.32. The summed E-state index contributed by atoms with van der Waals surface area (Å²) < 4.78 is 0.161. The van der Waals surface area contributed by atoms with Gasteiger partial charge in [0.25, 0.3) is 5.91 Å². The van der Waals surface area contributed by atoms with Crippen LogP contribution in [0.15, 0.2) is 23.1 Å². The van der Waals surface area contributed by atoms with Gasteiger partial charge in [0, 0.05) is 15.6 Å². The quantitative estimate of drug-likeness (QED) is 0.618. The summed E-state index contributed by atoms with van der Waals surface area (Å²) in [6, 6.07) is 4.96. The van der Waals surface area contributed by atoms with Crippen LogP contribution in [-0.4, -0.2) is 27.6 Å². The van der Waals surface area contributed by atoms with Crippen molar-refractivity contribution >= 4 is 69.5 Å². The first-order valence-electron chi connectivity index (χ1n) is 5.29. The zero-order valence-corrected chi connectivity index (χ0v) is 12.9. The van der Waals surface area contributed by atoms with Crippen molar-refractivity contribution in [2.75, 3.05) is 6.54 Å². The second kappa shape index (κ2) is 6.13. The Morgan fingerprint density at radius 1 is 1.40 bits per heavy atom. The van der Waals surface area contributed by atoms with Crippen LogP contribution in [0.25, 0.3) is 6.08 Å². The molecule has 2 rings (SSSR count). The van der Waals surface area contributed by atoms with E-state index in [1.165, 1.54) is 6.08 Å². The Labute approximate surface area is 134 Å². The number of halogens is 2. The Kier molecular flexibility index (Phi) is 4.70. The molecule has 1 aromatic rings. The van der Waals surface area contributed by atoms with E-state index < -0.39 is 18.4 Å². The molecule has 1 heterocycles. The lowest BCUT2D eigenvalue weighted by atomic mass is 10.2. The van der Waals surface area contributed by atoms with Gasteiger partial charge < -0.3 is 9.90 Å². The minimum absolute atomic E-state index is 0.161. The second-order valence-electron chi connectivity index (χ2n) is 3.78. The van der Waals surface area contributed by atoms with Crippen LogP contribution in [-0.2, 0) is 9.59 Å². The fourth-order valence-corrected chi connectivity index (χ4v) is 3.29. The summed E-state index contributed by atoms with van der Waals surface area (Å²) in [6.07, 6.45) is 1.50. The Bertz CT molecular complexity index is 625. The minimum Gasteiger partial charge on any atom is -0.548 e. The SMILES string of the molecule is O=C([O-])CN1C(=O)/C(=C\c2c(Cl)cccc2Cl)SC1=S. The molecule has 1 aromatic carbocycles. The minimum atomic E-state index is -1.38. The van der Waals surface area contributed by atoms with E-state index in [-0.39, 0.29) is 9.23 Å². The number of carbonyl (C=O) groups excluding carboxylic acids is 2. The van der Waals surface area contributed by atoms with Crippen LogP contribution in [0.2, 0.25) is 10.0 Å². The van der Waals surface area contributed by atoms with Gasteiger partial charge in [-0.15, -0.1) is 0 Å². The lowest BCUT2D eigenvalue weighted by molar-refractivity contribution is -0.305. The third-order valence-corrected chi connectivity index (χ3v) is 4.47. The van der Waals surface area contributed by atoms with Crippen LogP contribution in [0, 0.1) is 0 Å². The first kappa shape index (κ1) is 15.3. The van der Waals surface area contributed by atoms with Gasteiger partial charge >= 0.3 is 0 Å². The van der Waals surface area contributed by atoms with E-state index in [9.17, 15) is 14.7 Å². The van der Waals surface area contributed by atoms with Crippen LogP contribution >= 0.6 is 47.2 Å². The molecule has 1 amide bonds. The molecule has 0 bridgehead atoms. The van der Waals surface area contributed by atoms with E-state index in [0.717, 1.165) is 16.7 Å². The fraction of sp³-hybridized carbons (Fsp3) is 0.0833. The molecule has 1 saturated heterocycles. The summed E-state index contributed by atoms with van der Waals surface area (Å²) in [5.41, 5.74) is 0.491. The summed E-state index contributed by atoms with van der Waals surface area (Å²) in [5.74, 6) is -1.88. The van der Waals surface area contributed by atoms with Crippen molar-refractivity contribution in [3.63, 3.8) is 0 Å². The average Bonchev–Trinajstić information content (AvgIpc) is 2.61. The molecule has 1 aliphatic heterocycles. The topological polar surface area (TPSA) is 60.4 Å². The van der Waals surface area contributed by atoms with Crippen LogP contribution in [0.3, 0.4) is 0 Å². The molecule has 4 nitrogen and oxygen atoms in total. The largest absolute Gasteiger partial charge is 0.548 e. The van der Waals surface area contributed by atoms with E-state index in [1.54, 1.807) is 18.2 Å². The average molecular weight is 347 g/mol. The van der Waals surface area contributed by atoms with Crippen molar-refractivity contribution < 1.29 is 14.7 Å². The number of carboxylic acid groups (broad SMARTS) is 1. The first-order chi connectivity index (χ1) is 9.40. The molecule has 0 radical (unpaired) electrons. The normalized spacial score (nSPS) is 17.1. The fourth-order valence-electron chi connectivity index (χ4n) is 1.55. The van der Waals surface area contributed by atoms with E-state index in [2.05, 4.69) is 0 Å². The molecule has 0 unspecified atom stereocenters. The number of rotatable bonds is 3. The van der Waals surface area contributed by atoms with E-state index in [4.69, 9.17) is 35.4 Å². The third kappa shape index (κ3) is 3.15. The predicted molar refractivity (Wildman–Crippen MR) is 81.3 cm³/mol. The molecule has 0 N–H and O–H groups in total. The molecule has 8 heteroatoms. The van der Waals surface area contributed by atoms with Gasteiger partial charge in [-0.05, 0) is 18.2 Å². The molecule has 0 atom stereocenters. The standard InChI is InChI=1S/C12H7Cl2NO3S2/c13-7-2-1-3-8(14)6(7)4-9-11(18)15(5-10(16)17)12(19)20-9/h1-4H,5H2,(H,16,17)/p-1/b9-4+. The van der Waals surface area contributed by atoms with Gasteiger partial charge in [-0.25, -0.2) is 0 Å². The van der Waals surface area contributed by atoms with Gasteiger partial charge in [0.15, 0.2) is 0 Å². The number of carbonyl (C=O) groups is 2. The highest BCUT2D eigenvalue weighted by atomic mass is 35.5. The molecule has 0 spiro atoms. The Morgan fingerprint density at radius 2 is 2.00 bits per heavy atom. The molecular formula is C12H6Cl2NO3S2-. The van der Waals surface area contributed by atoms with Crippen molar-refractivity contribution in [1.82, 2.24) is 4.90 Å². The summed E-state index contributed by atoms with van der Waals surface area (Å²) in [7, 11) is 0. The zero-order chi connectivity index (χ0) is 14.9. The van der Waals surface area contributed by atoms with Gasteiger partial charge in [0.05, 0.1) is 17.4 Å². The lowest BCUT2D eigenvalue weighted by Gasteiger charge is -2.14. The van der Waals surface area contributed by atoms with Crippen LogP contribution in [0.1, 0.15) is 5.56 Å². The van der Waals surface area contributed by atoms with Gasteiger partial charge in [-0.1, -0.05) is 53.2 Å². The first-order valence-corrected chi connectivity index (χ1v) is 7.27. The van der Waals surface area contributed by atoms with Crippen LogP contribution in [0.5, 0.6) is 0 Å². The summed E-state index contributed by atoms with van der Waals surface area (Å²) in [6.45, 7) is -0.571. The van der Waals surface area contributed by atoms with E-state index >= 15 is 0 Å². The smallest absolute Gasteiger partial charge is 0.266 e. The van der Waals surface area contributed by atoms with E-state index in [1.807, 2.05) is 0 Å². The Morgan fingerprint density at radius 3 is 2.55 bits per heavy atom. The zero-order valence-electron chi connectivity index (χ0n) is 9.76. The number of hydrogen-bond donors (Lipinski definition) is 0. The molecule has 104 valence electrons. The van der Waals surface area contributed by atoms with Gasteiger partial charge in [-0.2, -0.15) is 0 Å². The van der Waals surface area contributed by atoms with Crippen molar-refractivity contribution in [3.05, 3.63) is 38.7 Å². The maximum atomic E-state index is 12.1. The third-order valence-electron chi connectivity index (χ3n) is 2.44. The monoisotopic (exact) mass is 346 g/mol. The summed E-state index contributed by atoms with van der Waals surface area (Å²) in [5, 5.41) is 11.4. The van der Waals surface area contributed by atoms with E-state index in [0.29, 0.717) is 15.6 Å². The second-order valence-corrected chi connectivity index (χ2v) is 6.27. The van der Waals surface area contributed by atoms with Crippen molar-refractivity contribution in [2.24, 2.45) is 0 Å². The van der Waals surface area contributed by atoms with Gasteiger partial charge in [0.1, 0.15) is 4.32 Å². The maximum absolute atomic E-state index is 12.1. The molecule has 1 aliphatic rings. The molecule has 1 fully saturated rings. The van der Waals surface area contributed by atoms with Gasteiger partial charge in [-0.3, -0.25) is 9.69 Å².